The lowest BCUT2D eigenvalue weighted by molar-refractivity contribution is 0.282. The van der Waals surface area contributed by atoms with E-state index in [0.29, 0.717) is 5.02 Å². The molecule has 2 rings (SSSR count). The smallest absolute Gasteiger partial charge is 0.0702 e. The van der Waals surface area contributed by atoms with E-state index in [1.165, 1.54) is 5.56 Å². The maximum atomic E-state index is 9.36. The van der Waals surface area contributed by atoms with Gasteiger partial charge in [0.15, 0.2) is 0 Å². The van der Waals surface area contributed by atoms with Gasteiger partial charge >= 0.3 is 0 Å². The molecule has 1 heterocycles. The molecule has 4 heteroatoms. The van der Waals surface area contributed by atoms with Crippen LogP contribution in [-0.4, -0.2) is 17.1 Å². The topological polar surface area (TPSA) is 36.4 Å². The van der Waals surface area contributed by atoms with Crippen LogP contribution < -0.4 is 4.90 Å². The molecule has 0 aliphatic rings. The molecule has 1 aromatic carbocycles. The zero-order chi connectivity index (χ0) is 13.0. The van der Waals surface area contributed by atoms with E-state index in [-0.39, 0.29) is 6.61 Å². The highest BCUT2D eigenvalue weighted by atomic mass is 35.5. The van der Waals surface area contributed by atoms with E-state index in [9.17, 15) is 5.11 Å². The van der Waals surface area contributed by atoms with E-state index in [1.807, 2.05) is 31.3 Å². The number of pyridine rings is 1. The predicted octanol–water partition coefficient (Wildman–Crippen LogP) is 2.86. The Labute approximate surface area is 112 Å². The standard InChI is InChI=1S/C14H15ClN2O/c1-17(9-11-4-6-16-7-5-11)14-3-2-13(15)8-12(14)10-18/h2-8,18H,9-10H2,1H3. The second-order valence-electron chi connectivity index (χ2n) is 4.14. The molecule has 2 aromatic rings. The van der Waals surface area contributed by atoms with Gasteiger partial charge in [-0.05, 0) is 35.9 Å². The predicted molar refractivity (Wildman–Crippen MR) is 73.7 cm³/mol. The monoisotopic (exact) mass is 262 g/mol. The minimum absolute atomic E-state index is 0.0173. The van der Waals surface area contributed by atoms with Crippen molar-refractivity contribution in [3.05, 3.63) is 58.9 Å². The molecule has 0 unspecified atom stereocenters. The summed E-state index contributed by atoms with van der Waals surface area (Å²) in [5.74, 6) is 0. The molecular weight excluding hydrogens is 248 g/mol. The first-order chi connectivity index (χ1) is 8.70. The molecule has 0 spiro atoms. The molecule has 0 atom stereocenters. The van der Waals surface area contributed by atoms with E-state index < -0.39 is 0 Å². The Balaban J connectivity index is 2.21. The Morgan fingerprint density at radius 3 is 2.61 bits per heavy atom. The number of hydrogen-bond donors (Lipinski definition) is 1. The minimum Gasteiger partial charge on any atom is -0.392 e. The third-order valence-corrected chi connectivity index (χ3v) is 3.03. The third-order valence-electron chi connectivity index (χ3n) is 2.79. The van der Waals surface area contributed by atoms with Gasteiger partial charge in [-0.1, -0.05) is 11.6 Å². The summed E-state index contributed by atoms with van der Waals surface area (Å²) < 4.78 is 0. The molecule has 3 nitrogen and oxygen atoms in total. The van der Waals surface area contributed by atoms with Gasteiger partial charge in [0, 0.05) is 42.3 Å². The second kappa shape index (κ2) is 5.85. The molecule has 0 saturated heterocycles. The second-order valence-corrected chi connectivity index (χ2v) is 4.58. The fourth-order valence-electron chi connectivity index (χ4n) is 1.90. The number of nitrogens with zero attached hydrogens (tertiary/aromatic N) is 2. The van der Waals surface area contributed by atoms with Gasteiger partial charge in [-0.15, -0.1) is 0 Å². The molecule has 94 valence electrons. The maximum Gasteiger partial charge on any atom is 0.0702 e. The van der Waals surface area contributed by atoms with Crippen LogP contribution in [0.3, 0.4) is 0 Å². The van der Waals surface area contributed by atoms with Crippen molar-refractivity contribution in [2.45, 2.75) is 13.2 Å². The van der Waals surface area contributed by atoms with Crippen molar-refractivity contribution in [3.8, 4) is 0 Å². The molecule has 0 amide bonds. The molecule has 0 radical (unpaired) electrons. The van der Waals surface area contributed by atoms with Crippen LogP contribution in [-0.2, 0) is 13.2 Å². The molecule has 0 aliphatic heterocycles. The number of halogens is 1. The molecule has 0 aliphatic carbocycles. The van der Waals surface area contributed by atoms with Crippen molar-refractivity contribution in [2.24, 2.45) is 0 Å². The van der Waals surface area contributed by atoms with Crippen LogP contribution in [0.2, 0.25) is 5.02 Å². The molecule has 0 fully saturated rings. The number of aliphatic hydroxyl groups excluding tert-OH is 1. The van der Waals surface area contributed by atoms with Crippen LogP contribution >= 0.6 is 11.6 Å². The normalized spacial score (nSPS) is 10.4. The lowest BCUT2D eigenvalue weighted by Crippen LogP contribution is -2.18. The Kier molecular flexibility index (Phi) is 4.18. The fourth-order valence-corrected chi connectivity index (χ4v) is 2.10. The summed E-state index contributed by atoms with van der Waals surface area (Å²) >= 11 is 5.92. The van der Waals surface area contributed by atoms with Crippen LogP contribution in [0.1, 0.15) is 11.1 Å². The summed E-state index contributed by atoms with van der Waals surface area (Å²) in [6.45, 7) is 0.744. The van der Waals surface area contributed by atoms with E-state index in [4.69, 9.17) is 11.6 Å². The molecule has 0 bridgehead atoms. The number of anilines is 1. The van der Waals surface area contributed by atoms with E-state index in [1.54, 1.807) is 18.5 Å². The first-order valence-corrected chi connectivity index (χ1v) is 6.08. The van der Waals surface area contributed by atoms with Gasteiger partial charge in [0.2, 0.25) is 0 Å². The van der Waals surface area contributed by atoms with Gasteiger partial charge in [-0.3, -0.25) is 4.98 Å². The molecule has 0 saturated carbocycles. The first-order valence-electron chi connectivity index (χ1n) is 5.70. The van der Waals surface area contributed by atoms with Crippen molar-refractivity contribution in [2.75, 3.05) is 11.9 Å². The SMILES string of the molecule is CN(Cc1ccncc1)c1ccc(Cl)cc1CO. The molecule has 1 aromatic heterocycles. The van der Waals surface area contributed by atoms with Crippen LogP contribution in [0.4, 0.5) is 5.69 Å². The van der Waals surface area contributed by atoms with Crippen molar-refractivity contribution >= 4 is 17.3 Å². The summed E-state index contributed by atoms with van der Waals surface area (Å²) in [5.41, 5.74) is 2.99. The third kappa shape index (κ3) is 3.00. The van der Waals surface area contributed by atoms with E-state index in [2.05, 4.69) is 9.88 Å². The van der Waals surface area contributed by atoms with E-state index >= 15 is 0 Å². The average Bonchev–Trinajstić information content (AvgIpc) is 2.39. The molecule has 18 heavy (non-hydrogen) atoms. The zero-order valence-electron chi connectivity index (χ0n) is 10.2. The van der Waals surface area contributed by atoms with Crippen molar-refractivity contribution in [1.29, 1.82) is 0 Å². The highest BCUT2D eigenvalue weighted by molar-refractivity contribution is 6.30. The van der Waals surface area contributed by atoms with Crippen LogP contribution in [0.25, 0.3) is 0 Å². The number of benzene rings is 1. The van der Waals surface area contributed by atoms with Gasteiger partial charge in [0.05, 0.1) is 6.61 Å². The maximum absolute atomic E-state index is 9.36. The van der Waals surface area contributed by atoms with Crippen molar-refractivity contribution in [3.63, 3.8) is 0 Å². The average molecular weight is 263 g/mol. The first kappa shape index (κ1) is 12.9. The molecule has 1 N–H and O–H groups in total. The minimum atomic E-state index is -0.0173. The Morgan fingerprint density at radius 1 is 1.22 bits per heavy atom. The number of hydrogen-bond acceptors (Lipinski definition) is 3. The Bertz CT molecular complexity index is 516. The summed E-state index contributed by atoms with van der Waals surface area (Å²) in [6.07, 6.45) is 3.55. The van der Waals surface area contributed by atoms with Crippen molar-refractivity contribution in [1.82, 2.24) is 4.98 Å². The number of rotatable bonds is 4. The highest BCUT2D eigenvalue weighted by Gasteiger charge is 2.08. The van der Waals surface area contributed by atoms with Gasteiger partial charge < -0.3 is 10.0 Å². The summed E-state index contributed by atoms with van der Waals surface area (Å²) in [5, 5.41) is 10.0. The van der Waals surface area contributed by atoms with Crippen LogP contribution in [0.5, 0.6) is 0 Å². The highest BCUT2D eigenvalue weighted by Crippen LogP contribution is 2.24. The van der Waals surface area contributed by atoms with Gasteiger partial charge in [-0.2, -0.15) is 0 Å². The van der Waals surface area contributed by atoms with Gasteiger partial charge in [0.25, 0.3) is 0 Å². The fraction of sp³-hybridized carbons (Fsp3) is 0.214. The lowest BCUT2D eigenvalue weighted by Gasteiger charge is -2.22. The lowest BCUT2D eigenvalue weighted by atomic mass is 10.1. The van der Waals surface area contributed by atoms with Gasteiger partial charge in [0.1, 0.15) is 0 Å². The van der Waals surface area contributed by atoms with E-state index in [0.717, 1.165) is 17.8 Å². The number of aliphatic hydroxyl groups is 1. The number of aromatic nitrogens is 1. The van der Waals surface area contributed by atoms with Crippen LogP contribution in [0, 0.1) is 0 Å². The van der Waals surface area contributed by atoms with Gasteiger partial charge in [-0.25, -0.2) is 0 Å². The summed E-state index contributed by atoms with van der Waals surface area (Å²) in [7, 11) is 1.99. The van der Waals surface area contributed by atoms with Crippen molar-refractivity contribution < 1.29 is 5.11 Å². The Morgan fingerprint density at radius 2 is 1.94 bits per heavy atom. The summed E-state index contributed by atoms with van der Waals surface area (Å²) in [4.78, 5) is 6.08. The molecular formula is C14H15ClN2O. The zero-order valence-corrected chi connectivity index (χ0v) is 10.9. The Hall–Kier alpha value is -1.58. The quantitative estimate of drug-likeness (QED) is 0.921. The van der Waals surface area contributed by atoms with Crippen LogP contribution in [0.15, 0.2) is 42.7 Å². The summed E-state index contributed by atoms with van der Waals surface area (Å²) in [6, 6.07) is 9.50. The largest absolute Gasteiger partial charge is 0.392 e.